The van der Waals surface area contributed by atoms with Crippen LogP contribution in [0.1, 0.15) is 49.9 Å². The van der Waals surface area contributed by atoms with Crippen molar-refractivity contribution < 1.29 is 4.79 Å². The Balaban J connectivity index is 1.55. The Bertz CT molecular complexity index is 778. The molecular weight excluding hydrogens is 368 g/mol. The van der Waals surface area contributed by atoms with Crippen LogP contribution in [0.4, 0.5) is 5.69 Å². The van der Waals surface area contributed by atoms with E-state index in [9.17, 15) is 4.79 Å². The number of hydrogen-bond acceptors (Lipinski definition) is 4. The Morgan fingerprint density at radius 3 is 2.71 bits per heavy atom. The largest absolute Gasteiger partial charge is 0.325 e. The summed E-state index contributed by atoms with van der Waals surface area (Å²) in [5.74, 6) is 2.10. The summed E-state index contributed by atoms with van der Waals surface area (Å²) >= 11 is 1.43. The fraction of sp³-hybridized carbons (Fsp3) is 0.500. The first-order valence-electron chi connectivity index (χ1n) is 10.2. The molecule has 2 aromatic rings. The van der Waals surface area contributed by atoms with Crippen molar-refractivity contribution in [3.05, 3.63) is 48.3 Å². The summed E-state index contributed by atoms with van der Waals surface area (Å²) < 4.78 is 2.10. The van der Waals surface area contributed by atoms with Gasteiger partial charge in [0.25, 0.3) is 0 Å². The monoisotopic (exact) mass is 398 g/mol. The first-order chi connectivity index (χ1) is 13.7. The van der Waals surface area contributed by atoms with E-state index in [4.69, 9.17) is 0 Å². The molecule has 6 heteroatoms. The van der Waals surface area contributed by atoms with Crippen molar-refractivity contribution >= 4 is 23.4 Å². The topological polar surface area (TPSA) is 59.8 Å². The van der Waals surface area contributed by atoms with Gasteiger partial charge in [-0.1, -0.05) is 67.6 Å². The van der Waals surface area contributed by atoms with Crippen LogP contribution in [0.5, 0.6) is 0 Å². The predicted molar refractivity (Wildman–Crippen MR) is 116 cm³/mol. The zero-order valence-corrected chi connectivity index (χ0v) is 17.5. The highest BCUT2D eigenvalue weighted by Gasteiger charge is 2.17. The zero-order valence-electron chi connectivity index (χ0n) is 16.7. The van der Waals surface area contributed by atoms with Gasteiger partial charge in [-0.25, -0.2) is 0 Å². The molecule has 1 aromatic heterocycles. The molecule has 0 unspecified atom stereocenters. The van der Waals surface area contributed by atoms with Gasteiger partial charge in [-0.15, -0.1) is 16.8 Å². The molecule has 150 valence electrons. The number of thioether (sulfide) groups is 1. The van der Waals surface area contributed by atoms with E-state index >= 15 is 0 Å². The molecule has 3 rings (SSSR count). The minimum Gasteiger partial charge on any atom is -0.325 e. The lowest BCUT2D eigenvalue weighted by Gasteiger charge is -2.21. The average Bonchev–Trinajstić information content (AvgIpc) is 3.09. The van der Waals surface area contributed by atoms with Crippen molar-refractivity contribution in [1.82, 2.24) is 14.8 Å². The summed E-state index contributed by atoms with van der Waals surface area (Å²) in [7, 11) is 0. The normalized spacial score (nSPS) is 14.8. The second-order valence-electron chi connectivity index (χ2n) is 7.54. The highest BCUT2D eigenvalue weighted by atomic mass is 32.2. The van der Waals surface area contributed by atoms with Crippen molar-refractivity contribution in [1.29, 1.82) is 0 Å². The van der Waals surface area contributed by atoms with E-state index in [1.54, 1.807) is 0 Å². The van der Waals surface area contributed by atoms with Gasteiger partial charge in [0.05, 0.1) is 5.75 Å². The standard InChI is InChI=1S/C22H30N4OS/c1-3-15-26-20(14-11-18-7-5-4-6-8-18)24-25-22(26)28-16-21(27)23-19-12-9-17(2)10-13-19/h3,9-10,12-13,18H,1,4-8,11,14-16H2,2H3,(H,23,27). The average molecular weight is 399 g/mol. The lowest BCUT2D eigenvalue weighted by Crippen LogP contribution is -2.15. The Kier molecular flexibility index (Phi) is 7.71. The number of nitrogens with zero attached hydrogens (tertiary/aromatic N) is 3. The fourth-order valence-electron chi connectivity index (χ4n) is 3.70. The van der Waals surface area contributed by atoms with E-state index in [0.29, 0.717) is 12.3 Å². The molecule has 5 nitrogen and oxygen atoms in total. The molecule has 0 saturated heterocycles. The molecule has 0 atom stereocenters. The molecule has 1 heterocycles. The molecule has 1 N–H and O–H groups in total. The number of anilines is 1. The first kappa shape index (κ1) is 20.6. The van der Waals surface area contributed by atoms with Crippen LogP contribution >= 0.6 is 11.8 Å². The Labute approximate surface area is 172 Å². The van der Waals surface area contributed by atoms with Crippen molar-refractivity contribution in [3.8, 4) is 0 Å². The van der Waals surface area contributed by atoms with E-state index in [2.05, 4.69) is 26.7 Å². The van der Waals surface area contributed by atoms with Crippen LogP contribution in [-0.2, 0) is 17.8 Å². The molecule has 0 bridgehead atoms. The Morgan fingerprint density at radius 2 is 2.00 bits per heavy atom. The number of carbonyl (C=O) groups excluding carboxylic acids is 1. The lowest BCUT2D eigenvalue weighted by molar-refractivity contribution is -0.113. The van der Waals surface area contributed by atoms with E-state index in [-0.39, 0.29) is 5.91 Å². The molecule has 0 radical (unpaired) electrons. The third-order valence-electron chi connectivity index (χ3n) is 5.27. The number of rotatable bonds is 9. The minimum atomic E-state index is -0.0363. The third kappa shape index (κ3) is 5.96. The van der Waals surface area contributed by atoms with Gasteiger partial charge >= 0.3 is 0 Å². The maximum absolute atomic E-state index is 12.3. The van der Waals surface area contributed by atoms with Crippen molar-refractivity contribution in [3.63, 3.8) is 0 Å². The van der Waals surface area contributed by atoms with Crippen LogP contribution in [0.15, 0.2) is 42.1 Å². The molecule has 1 fully saturated rings. The van der Waals surface area contributed by atoms with Crippen LogP contribution in [-0.4, -0.2) is 26.4 Å². The molecule has 0 aliphatic heterocycles. The van der Waals surface area contributed by atoms with Gasteiger partial charge in [-0.05, 0) is 31.4 Å². The van der Waals surface area contributed by atoms with Gasteiger partial charge in [0.1, 0.15) is 5.82 Å². The third-order valence-corrected chi connectivity index (χ3v) is 6.24. The number of aryl methyl sites for hydroxylation is 2. The number of aromatic nitrogens is 3. The minimum absolute atomic E-state index is 0.0363. The van der Waals surface area contributed by atoms with Crippen molar-refractivity contribution in [2.24, 2.45) is 5.92 Å². The van der Waals surface area contributed by atoms with Crippen molar-refractivity contribution in [2.75, 3.05) is 11.1 Å². The van der Waals surface area contributed by atoms with E-state index in [0.717, 1.165) is 29.0 Å². The molecule has 1 aliphatic rings. The summed E-state index contributed by atoms with van der Waals surface area (Å²) in [6.07, 6.45) is 10.8. The molecule has 1 saturated carbocycles. The van der Waals surface area contributed by atoms with Gasteiger partial charge in [0.15, 0.2) is 5.16 Å². The Hall–Kier alpha value is -2.08. The van der Waals surface area contributed by atoms with Crippen LogP contribution in [0.3, 0.4) is 0 Å². The second-order valence-corrected chi connectivity index (χ2v) is 8.49. The molecule has 1 aliphatic carbocycles. The van der Waals surface area contributed by atoms with E-state index < -0.39 is 0 Å². The summed E-state index contributed by atoms with van der Waals surface area (Å²) in [4.78, 5) is 12.3. The molecule has 28 heavy (non-hydrogen) atoms. The number of nitrogens with one attached hydrogen (secondary N) is 1. The van der Waals surface area contributed by atoms with Crippen LogP contribution in [0.25, 0.3) is 0 Å². The van der Waals surface area contributed by atoms with Crippen molar-refractivity contribution in [2.45, 2.75) is 63.6 Å². The quantitative estimate of drug-likeness (QED) is 0.476. The molecule has 0 spiro atoms. The van der Waals surface area contributed by atoms with Crippen LogP contribution < -0.4 is 5.32 Å². The smallest absolute Gasteiger partial charge is 0.234 e. The Morgan fingerprint density at radius 1 is 1.25 bits per heavy atom. The highest BCUT2D eigenvalue weighted by molar-refractivity contribution is 7.99. The maximum atomic E-state index is 12.3. The van der Waals surface area contributed by atoms with Crippen LogP contribution in [0.2, 0.25) is 0 Å². The first-order valence-corrected chi connectivity index (χ1v) is 11.2. The van der Waals surface area contributed by atoms with E-state index in [1.807, 2.05) is 37.3 Å². The molecule has 1 aromatic carbocycles. The SMILES string of the molecule is C=CCn1c(CCC2CCCCC2)nnc1SCC(=O)Nc1ccc(C)cc1. The van der Waals surface area contributed by atoms with Crippen LogP contribution in [0, 0.1) is 12.8 Å². The lowest BCUT2D eigenvalue weighted by atomic mass is 9.86. The summed E-state index contributed by atoms with van der Waals surface area (Å²) in [6, 6.07) is 7.81. The fourth-order valence-corrected chi connectivity index (χ4v) is 4.46. The number of hydrogen-bond donors (Lipinski definition) is 1. The predicted octanol–water partition coefficient (Wildman–Crippen LogP) is 5.02. The van der Waals surface area contributed by atoms with E-state index in [1.165, 1.54) is 55.9 Å². The van der Waals surface area contributed by atoms with Gasteiger partial charge in [-0.3, -0.25) is 4.79 Å². The highest BCUT2D eigenvalue weighted by Crippen LogP contribution is 2.28. The summed E-state index contributed by atoms with van der Waals surface area (Å²) in [5, 5.41) is 12.5. The summed E-state index contributed by atoms with van der Waals surface area (Å²) in [6.45, 7) is 6.56. The molecular formula is C22H30N4OS. The summed E-state index contributed by atoms with van der Waals surface area (Å²) in [5.41, 5.74) is 1.99. The zero-order chi connectivity index (χ0) is 19.8. The van der Waals surface area contributed by atoms with Gasteiger partial charge in [-0.2, -0.15) is 0 Å². The molecule has 1 amide bonds. The maximum Gasteiger partial charge on any atom is 0.234 e. The number of carbonyl (C=O) groups is 1. The van der Waals surface area contributed by atoms with Gasteiger partial charge < -0.3 is 9.88 Å². The van der Waals surface area contributed by atoms with Gasteiger partial charge in [0, 0.05) is 18.7 Å². The number of allylic oxidation sites excluding steroid dienone is 1. The second kappa shape index (κ2) is 10.5. The van der Waals surface area contributed by atoms with Gasteiger partial charge in [0.2, 0.25) is 5.91 Å². The number of benzene rings is 1. The number of amides is 1.